The molecule has 9 nitrogen and oxygen atoms in total. The molecule has 3 aliphatic heterocycles. The summed E-state index contributed by atoms with van der Waals surface area (Å²) in [5, 5.41) is 6.34. The molecule has 2 saturated heterocycles. The summed E-state index contributed by atoms with van der Waals surface area (Å²) in [6, 6.07) is 7.95. The third kappa shape index (κ3) is 3.41. The van der Waals surface area contributed by atoms with Crippen LogP contribution < -0.4 is 10.6 Å². The first-order valence-corrected chi connectivity index (χ1v) is 12.8. The predicted molar refractivity (Wildman–Crippen MR) is 144 cm³/mol. The first kappa shape index (κ1) is 25.9. The maximum atomic E-state index is 14.1. The molecule has 3 aliphatic rings. The largest absolute Gasteiger partial charge is 0.364 e. The van der Waals surface area contributed by atoms with Crippen LogP contribution in [-0.4, -0.2) is 51.0 Å². The van der Waals surface area contributed by atoms with Crippen LogP contribution in [0.2, 0.25) is 0 Å². The highest BCUT2D eigenvalue weighted by molar-refractivity contribution is 6.09. The molecule has 9 heteroatoms. The number of ether oxygens (including phenoxy) is 1. The van der Waals surface area contributed by atoms with Crippen LogP contribution in [0, 0.1) is 5.41 Å². The fourth-order valence-corrected chi connectivity index (χ4v) is 6.50. The smallest absolute Gasteiger partial charge is 0.278 e. The van der Waals surface area contributed by atoms with Gasteiger partial charge in [-0.15, -0.1) is 6.58 Å². The average molecular weight is 518 g/mol. The van der Waals surface area contributed by atoms with Crippen molar-refractivity contribution < 1.29 is 19.1 Å². The highest BCUT2D eigenvalue weighted by atomic mass is 16.5. The quantitative estimate of drug-likeness (QED) is 0.430. The Morgan fingerprint density at radius 2 is 1.97 bits per heavy atom. The molecule has 0 aliphatic carbocycles. The number of ketones is 1. The number of hydrogen-bond donors (Lipinski definition) is 2. The highest BCUT2D eigenvalue weighted by Crippen LogP contribution is 2.63. The van der Waals surface area contributed by atoms with E-state index in [1.54, 1.807) is 30.4 Å². The topological polar surface area (TPSA) is 106 Å². The van der Waals surface area contributed by atoms with Crippen LogP contribution in [0.3, 0.4) is 0 Å². The van der Waals surface area contributed by atoms with E-state index in [2.05, 4.69) is 36.0 Å². The molecule has 1 aromatic heterocycles. The number of hydrogen-bond acceptors (Lipinski definition) is 6. The second-order valence-corrected chi connectivity index (χ2v) is 11.7. The predicted octanol–water partition coefficient (Wildman–Crippen LogP) is 3.54. The number of aromatic nitrogens is 2. The van der Waals surface area contributed by atoms with E-state index in [9.17, 15) is 14.4 Å². The van der Waals surface area contributed by atoms with Crippen LogP contribution in [0.25, 0.3) is 6.08 Å². The molecule has 4 heterocycles. The molecule has 0 radical (unpaired) electrons. The minimum absolute atomic E-state index is 0.0688. The van der Waals surface area contributed by atoms with Crippen molar-refractivity contribution in [3.8, 4) is 0 Å². The van der Waals surface area contributed by atoms with E-state index in [0.717, 1.165) is 11.3 Å². The van der Waals surface area contributed by atoms with Gasteiger partial charge in [0.25, 0.3) is 11.8 Å². The second-order valence-electron chi connectivity index (χ2n) is 11.7. The lowest BCUT2D eigenvalue weighted by atomic mass is 9.60. The number of nitrogens with zero attached hydrogens (tertiary/aromatic N) is 3. The Hall–Kier alpha value is -3.72. The molecule has 3 atom stereocenters. The van der Waals surface area contributed by atoms with Crippen molar-refractivity contribution in [1.82, 2.24) is 19.8 Å². The van der Waals surface area contributed by atoms with Crippen molar-refractivity contribution in [3.63, 3.8) is 0 Å². The first-order chi connectivity index (χ1) is 17.8. The molecule has 0 spiro atoms. The lowest BCUT2D eigenvalue weighted by Gasteiger charge is -2.43. The molecule has 0 saturated carbocycles. The number of piperazine rings is 1. The number of benzene rings is 1. The van der Waals surface area contributed by atoms with E-state index in [1.807, 2.05) is 48.8 Å². The Morgan fingerprint density at radius 1 is 1.26 bits per heavy atom. The van der Waals surface area contributed by atoms with E-state index < -0.39 is 34.2 Å². The number of para-hydroxylation sites is 1. The van der Waals surface area contributed by atoms with Crippen LogP contribution in [0.5, 0.6) is 0 Å². The fraction of sp³-hybridized carbons (Fsp3) is 0.448. The molecule has 2 fully saturated rings. The Kier molecular flexibility index (Phi) is 5.72. The molecule has 0 bridgehead atoms. The summed E-state index contributed by atoms with van der Waals surface area (Å²) in [5.41, 5.74) is -0.579. The number of anilines is 1. The monoisotopic (exact) mass is 517 g/mol. The third-order valence-electron chi connectivity index (χ3n) is 8.66. The Labute approximate surface area is 222 Å². The number of allylic oxidation sites excluding steroid dienone is 1. The molecule has 3 unspecified atom stereocenters. The fourth-order valence-electron chi connectivity index (χ4n) is 6.50. The number of imidazole rings is 1. The van der Waals surface area contributed by atoms with Gasteiger partial charge in [-0.2, -0.15) is 0 Å². The highest BCUT2D eigenvalue weighted by Gasteiger charge is 2.73. The molecule has 38 heavy (non-hydrogen) atoms. The maximum Gasteiger partial charge on any atom is 0.278 e. The van der Waals surface area contributed by atoms with Gasteiger partial charge in [0.2, 0.25) is 5.72 Å². The summed E-state index contributed by atoms with van der Waals surface area (Å²) < 4.78 is 7.77. The number of carbonyl (C=O) groups excluding carboxylic acids is 3. The van der Waals surface area contributed by atoms with Crippen molar-refractivity contribution in [3.05, 3.63) is 66.4 Å². The van der Waals surface area contributed by atoms with Crippen molar-refractivity contribution in [1.29, 1.82) is 0 Å². The van der Waals surface area contributed by atoms with E-state index in [0.29, 0.717) is 12.1 Å². The van der Waals surface area contributed by atoms with E-state index >= 15 is 0 Å². The number of methoxy groups -OCH3 is 1. The average Bonchev–Trinajstić information content (AvgIpc) is 3.53. The summed E-state index contributed by atoms with van der Waals surface area (Å²) in [4.78, 5) is 45.6. The summed E-state index contributed by atoms with van der Waals surface area (Å²) in [6.45, 7) is 13.7. The van der Waals surface area contributed by atoms with Crippen molar-refractivity contribution in [2.45, 2.75) is 70.3 Å². The van der Waals surface area contributed by atoms with Gasteiger partial charge in [-0.05, 0) is 43.9 Å². The van der Waals surface area contributed by atoms with Gasteiger partial charge in [0.1, 0.15) is 17.6 Å². The van der Waals surface area contributed by atoms with Crippen LogP contribution in [0.1, 0.15) is 58.7 Å². The van der Waals surface area contributed by atoms with Gasteiger partial charge < -0.3 is 19.9 Å². The zero-order valence-electron chi connectivity index (χ0n) is 22.8. The van der Waals surface area contributed by atoms with Crippen LogP contribution in [0.4, 0.5) is 5.69 Å². The number of nitrogens with one attached hydrogen (secondary N) is 2. The molecule has 2 aromatic rings. The minimum Gasteiger partial charge on any atom is -0.364 e. The van der Waals surface area contributed by atoms with Crippen molar-refractivity contribution in [2.75, 3.05) is 12.4 Å². The Bertz CT molecular complexity index is 1390. The van der Waals surface area contributed by atoms with Gasteiger partial charge in [0, 0.05) is 42.8 Å². The second kappa shape index (κ2) is 8.39. The normalized spacial score (nSPS) is 27.5. The summed E-state index contributed by atoms with van der Waals surface area (Å²) in [5.74, 6) is -0.703. The third-order valence-corrected chi connectivity index (χ3v) is 8.66. The number of amides is 2. The van der Waals surface area contributed by atoms with Crippen LogP contribution in [-0.2, 0) is 30.1 Å². The maximum absolute atomic E-state index is 14.1. The molecule has 5 rings (SSSR count). The van der Waals surface area contributed by atoms with Crippen LogP contribution in [0.15, 0.2) is 55.1 Å². The molecular formula is C29H35N5O4. The van der Waals surface area contributed by atoms with Gasteiger partial charge in [-0.3, -0.25) is 19.3 Å². The summed E-state index contributed by atoms with van der Waals surface area (Å²) >= 11 is 0. The van der Waals surface area contributed by atoms with Crippen LogP contribution >= 0.6 is 0 Å². The first-order valence-electron chi connectivity index (χ1n) is 12.8. The van der Waals surface area contributed by atoms with Gasteiger partial charge in [-0.1, -0.05) is 38.1 Å². The Balaban J connectivity index is 1.59. The Morgan fingerprint density at radius 3 is 2.63 bits per heavy atom. The van der Waals surface area contributed by atoms with Gasteiger partial charge in [-0.25, -0.2) is 4.98 Å². The molecule has 200 valence electrons. The van der Waals surface area contributed by atoms with Gasteiger partial charge in [0.15, 0.2) is 0 Å². The van der Waals surface area contributed by atoms with Gasteiger partial charge in [0.05, 0.1) is 12.0 Å². The zero-order valence-corrected chi connectivity index (χ0v) is 22.8. The summed E-state index contributed by atoms with van der Waals surface area (Å²) in [7, 11) is 1.47. The van der Waals surface area contributed by atoms with E-state index in [-0.39, 0.29) is 23.8 Å². The standard InChI is InChI=1S/C29H35N5O4/c1-8-26(3,4)28-16-29(38-7)25(37)32-22(13-19-15-33(17-30-19)27(5,6)14-18(2)35)23(36)34(29)24(28)31-21-12-10-9-11-20(21)28/h8-13,15,17,24,31H,1,14,16H2,2-7H3,(H,32,37). The SMILES string of the molecule is C=CC(C)(C)C12CC3(OC)C(=O)NC(=Cc4cn(C(C)(C)CC(C)=O)cn4)C(=O)N3C1Nc1ccccc12. The number of Topliss-reactive ketones (excluding diaryl/α,β-unsaturated/α-hetero) is 1. The van der Waals surface area contributed by atoms with Gasteiger partial charge >= 0.3 is 0 Å². The zero-order chi connectivity index (χ0) is 27.7. The van der Waals surface area contributed by atoms with E-state index in [1.165, 1.54) is 7.11 Å². The minimum atomic E-state index is -1.50. The molecule has 2 amide bonds. The molecule has 1 aromatic carbocycles. The van der Waals surface area contributed by atoms with Crippen molar-refractivity contribution >= 4 is 29.4 Å². The van der Waals surface area contributed by atoms with E-state index in [4.69, 9.17) is 4.74 Å². The lowest BCUT2D eigenvalue weighted by molar-refractivity contribution is -0.180. The lowest BCUT2D eigenvalue weighted by Crippen LogP contribution is -2.66. The molecular weight excluding hydrogens is 482 g/mol. The molecule has 2 N–H and O–H groups in total. The number of fused-ring (bicyclic) bond motifs is 5. The number of rotatable bonds is 7. The van der Waals surface area contributed by atoms with Crippen molar-refractivity contribution in [2.24, 2.45) is 5.41 Å². The summed E-state index contributed by atoms with van der Waals surface area (Å²) in [6.07, 6.45) is 6.93. The number of carbonyl (C=O) groups is 3.